The maximum atomic E-state index is 13.6. The normalized spacial score (nSPS) is 21.9. The van der Waals surface area contributed by atoms with Crippen LogP contribution >= 0.6 is 0 Å². The van der Waals surface area contributed by atoms with Gasteiger partial charge in [-0.05, 0) is 48.6 Å². The van der Waals surface area contributed by atoms with Crippen LogP contribution in [0.4, 0.5) is 4.79 Å². The summed E-state index contributed by atoms with van der Waals surface area (Å²) in [5.41, 5.74) is 1.23. The van der Waals surface area contributed by atoms with Crippen molar-refractivity contribution in [2.75, 3.05) is 33.4 Å². The second-order valence-corrected chi connectivity index (χ2v) is 12.7. The predicted molar refractivity (Wildman–Crippen MR) is 149 cm³/mol. The van der Waals surface area contributed by atoms with E-state index in [-0.39, 0.29) is 42.8 Å². The Morgan fingerprint density at radius 2 is 1.83 bits per heavy atom. The van der Waals surface area contributed by atoms with Gasteiger partial charge in [0.15, 0.2) is 6.29 Å². The van der Waals surface area contributed by atoms with Gasteiger partial charge < -0.3 is 29.4 Å². The Kier molecular flexibility index (Phi) is 10.4. The van der Waals surface area contributed by atoms with E-state index in [1.807, 2.05) is 13.8 Å². The van der Waals surface area contributed by atoms with Crippen LogP contribution in [0.3, 0.4) is 0 Å². The third kappa shape index (κ3) is 7.83. The minimum atomic E-state index is -3.98. The maximum Gasteiger partial charge on any atom is 0.407 e. The fourth-order valence-corrected chi connectivity index (χ4v) is 6.67. The van der Waals surface area contributed by atoms with Gasteiger partial charge >= 0.3 is 6.09 Å². The molecule has 5 atom stereocenters. The van der Waals surface area contributed by atoms with Crippen molar-refractivity contribution in [2.24, 2.45) is 11.8 Å². The molecule has 4 rings (SSSR count). The Morgan fingerprint density at radius 1 is 1.12 bits per heavy atom. The molecule has 0 bridgehead atoms. The summed E-state index contributed by atoms with van der Waals surface area (Å²) in [4.78, 5) is 24.2. The molecule has 41 heavy (non-hydrogen) atoms. The van der Waals surface area contributed by atoms with E-state index in [2.05, 4.69) is 5.32 Å². The summed E-state index contributed by atoms with van der Waals surface area (Å²) in [6, 6.07) is 11.9. The summed E-state index contributed by atoms with van der Waals surface area (Å²) in [6.45, 7) is 4.39. The molecule has 2 saturated heterocycles. The van der Waals surface area contributed by atoms with E-state index in [1.165, 1.54) is 23.5 Å². The van der Waals surface area contributed by atoms with Crippen molar-refractivity contribution in [1.82, 2.24) is 9.62 Å². The molecule has 2 aromatic rings. The monoisotopic (exact) mass is 590 g/mol. The number of nitrogens with zero attached hydrogens (tertiary/aromatic N) is 1. The van der Waals surface area contributed by atoms with Crippen LogP contribution in [0, 0.1) is 11.8 Å². The molecule has 2 fully saturated rings. The van der Waals surface area contributed by atoms with E-state index in [4.69, 9.17) is 18.9 Å². The lowest BCUT2D eigenvalue weighted by molar-refractivity contribution is -0.0907. The van der Waals surface area contributed by atoms with Crippen molar-refractivity contribution in [1.29, 1.82) is 0 Å². The van der Waals surface area contributed by atoms with Crippen LogP contribution in [0.25, 0.3) is 0 Å². The van der Waals surface area contributed by atoms with Crippen LogP contribution in [0.2, 0.25) is 0 Å². The topological polar surface area (TPSA) is 141 Å². The number of methoxy groups -OCH3 is 1. The lowest BCUT2D eigenvalue weighted by Crippen LogP contribution is -2.51. The zero-order valence-corrected chi connectivity index (χ0v) is 24.3. The van der Waals surface area contributed by atoms with Gasteiger partial charge in [0.2, 0.25) is 10.0 Å². The number of aliphatic hydroxyl groups is 1. The van der Waals surface area contributed by atoms with Crippen LogP contribution in [0.5, 0.6) is 5.75 Å². The molecule has 0 aromatic heterocycles. The van der Waals surface area contributed by atoms with Gasteiger partial charge in [0.1, 0.15) is 18.1 Å². The molecule has 2 aromatic carbocycles. The summed E-state index contributed by atoms with van der Waals surface area (Å²) < 4.78 is 50.3. The summed E-state index contributed by atoms with van der Waals surface area (Å²) in [6.07, 6.45) is -1.30. The van der Waals surface area contributed by atoms with Gasteiger partial charge in [-0.2, -0.15) is 4.31 Å². The number of rotatable bonds is 13. The smallest absolute Gasteiger partial charge is 0.407 e. The van der Waals surface area contributed by atoms with E-state index >= 15 is 0 Å². The molecule has 0 aliphatic carbocycles. The molecular formula is C29H38N2O9S. The highest BCUT2D eigenvalue weighted by molar-refractivity contribution is 7.89. The molecule has 224 valence electrons. The van der Waals surface area contributed by atoms with Crippen LogP contribution in [0.15, 0.2) is 53.4 Å². The number of sulfonamides is 1. The van der Waals surface area contributed by atoms with E-state index in [0.717, 1.165) is 11.8 Å². The zero-order chi connectivity index (χ0) is 29.6. The Morgan fingerprint density at radius 3 is 2.46 bits per heavy atom. The first-order chi connectivity index (χ1) is 19.6. The standard InChI is InChI=1S/C29H38N2O9S/c1-19(2)15-31(41(35,36)23-10-8-22(37-3)9-11-23)16-26(33)25(14-20-4-6-21(17-32)7-5-20)30-29(34)40-27-18-39-28-24(27)12-13-38-28/h4-11,17,19,24-28,33H,12-16,18H2,1-3H3,(H,30,34)/t24-,25-,26+,27-,28+/m0/s1. The average molecular weight is 591 g/mol. The summed E-state index contributed by atoms with van der Waals surface area (Å²) in [5.74, 6) is 0.425. The number of aliphatic hydroxyl groups excluding tert-OH is 1. The molecule has 2 aliphatic rings. The highest BCUT2D eigenvalue weighted by Gasteiger charge is 2.44. The predicted octanol–water partition coefficient (Wildman–Crippen LogP) is 2.61. The van der Waals surface area contributed by atoms with Gasteiger partial charge in [-0.15, -0.1) is 0 Å². The number of nitrogens with one attached hydrogen (secondary N) is 1. The number of ether oxygens (including phenoxy) is 4. The van der Waals surface area contributed by atoms with Gasteiger partial charge in [-0.1, -0.05) is 38.1 Å². The van der Waals surface area contributed by atoms with Crippen molar-refractivity contribution in [3.63, 3.8) is 0 Å². The molecule has 2 heterocycles. The number of carbonyl (C=O) groups is 2. The van der Waals surface area contributed by atoms with E-state index in [9.17, 15) is 23.1 Å². The van der Waals surface area contributed by atoms with Crippen molar-refractivity contribution in [2.45, 2.75) is 56.1 Å². The molecule has 2 N–H and O–H groups in total. The minimum absolute atomic E-state index is 0.0357. The molecule has 0 spiro atoms. The quantitative estimate of drug-likeness (QED) is 0.337. The lowest BCUT2D eigenvalue weighted by atomic mass is 10.00. The second-order valence-electron chi connectivity index (χ2n) is 10.7. The fourth-order valence-electron chi connectivity index (χ4n) is 5.05. The summed E-state index contributed by atoms with van der Waals surface area (Å²) >= 11 is 0. The third-order valence-electron chi connectivity index (χ3n) is 7.24. The lowest BCUT2D eigenvalue weighted by Gasteiger charge is -2.31. The van der Waals surface area contributed by atoms with Crippen molar-refractivity contribution in [3.05, 3.63) is 59.7 Å². The van der Waals surface area contributed by atoms with Gasteiger partial charge in [-0.25, -0.2) is 13.2 Å². The molecule has 11 nitrogen and oxygen atoms in total. The van der Waals surface area contributed by atoms with E-state index < -0.39 is 40.7 Å². The Bertz CT molecular complexity index is 1270. The Labute approximate surface area is 240 Å². The van der Waals surface area contributed by atoms with Crippen LogP contribution in [-0.2, 0) is 30.7 Å². The van der Waals surface area contributed by atoms with Gasteiger partial charge in [0, 0.05) is 18.7 Å². The minimum Gasteiger partial charge on any atom is -0.497 e. The number of aldehydes is 1. The fraction of sp³-hybridized carbons (Fsp3) is 0.517. The summed E-state index contributed by atoms with van der Waals surface area (Å²) in [7, 11) is -2.49. The second kappa shape index (κ2) is 13.8. The highest BCUT2D eigenvalue weighted by atomic mass is 32.2. The first-order valence-corrected chi connectivity index (χ1v) is 15.1. The number of benzene rings is 2. The van der Waals surface area contributed by atoms with E-state index in [1.54, 1.807) is 36.4 Å². The molecule has 2 aliphatic heterocycles. The van der Waals surface area contributed by atoms with E-state index in [0.29, 0.717) is 24.3 Å². The van der Waals surface area contributed by atoms with Crippen molar-refractivity contribution < 1.29 is 42.1 Å². The van der Waals surface area contributed by atoms with Crippen molar-refractivity contribution >= 4 is 22.4 Å². The Balaban J connectivity index is 1.53. The van der Waals surface area contributed by atoms with Crippen LogP contribution in [0.1, 0.15) is 36.2 Å². The number of hydrogen-bond acceptors (Lipinski definition) is 9. The van der Waals surface area contributed by atoms with Crippen LogP contribution in [-0.4, -0.2) is 88.2 Å². The maximum absolute atomic E-state index is 13.6. The van der Waals surface area contributed by atoms with Gasteiger partial charge in [0.25, 0.3) is 0 Å². The molecule has 12 heteroatoms. The number of carbonyl (C=O) groups excluding carboxylic acids is 2. The number of amides is 1. The molecule has 0 saturated carbocycles. The van der Waals surface area contributed by atoms with Gasteiger partial charge in [-0.3, -0.25) is 4.79 Å². The molecular weight excluding hydrogens is 552 g/mol. The first kappa shape index (κ1) is 30.9. The molecule has 0 radical (unpaired) electrons. The van der Waals surface area contributed by atoms with Crippen molar-refractivity contribution in [3.8, 4) is 5.75 Å². The zero-order valence-electron chi connectivity index (χ0n) is 23.5. The average Bonchev–Trinajstić information content (AvgIpc) is 3.57. The molecule has 1 amide bonds. The largest absolute Gasteiger partial charge is 0.497 e. The first-order valence-electron chi connectivity index (χ1n) is 13.7. The SMILES string of the molecule is COc1ccc(S(=O)(=O)N(CC(C)C)C[C@@H](O)[C@H](Cc2ccc(C=O)cc2)NC(=O)O[C@H]2CO[C@H]3OCC[C@H]32)cc1. The third-order valence-corrected chi connectivity index (χ3v) is 9.09. The Hall–Kier alpha value is -3.03. The number of alkyl carbamates (subject to hydrolysis) is 1. The number of fused-ring (bicyclic) bond motifs is 1. The highest BCUT2D eigenvalue weighted by Crippen LogP contribution is 2.33. The molecule has 0 unspecified atom stereocenters. The summed E-state index contributed by atoms with van der Waals surface area (Å²) in [5, 5.41) is 14.2. The van der Waals surface area contributed by atoms with Gasteiger partial charge in [0.05, 0.1) is 43.3 Å². The van der Waals surface area contributed by atoms with Crippen LogP contribution < -0.4 is 10.1 Å². The number of hydrogen-bond donors (Lipinski definition) is 2.